The molecule has 78 valence electrons. The highest BCUT2D eigenvalue weighted by Gasteiger charge is 2.14. The van der Waals surface area contributed by atoms with Crippen LogP contribution < -0.4 is 0 Å². The molecule has 0 saturated carbocycles. The summed E-state index contributed by atoms with van der Waals surface area (Å²) in [7, 11) is 0. The Balaban J connectivity index is 2.24. The number of nitrogens with zero attached hydrogens (tertiary/aromatic N) is 2. The second-order valence-electron chi connectivity index (χ2n) is 3.43. The van der Waals surface area contributed by atoms with E-state index in [0.29, 0.717) is 17.6 Å². The Morgan fingerprint density at radius 1 is 1.31 bits per heavy atom. The van der Waals surface area contributed by atoms with Gasteiger partial charge >= 0.3 is 0 Å². The second-order valence-corrected chi connectivity index (χ2v) is 3.43. The SMILES string of the molecule is N#CC1=CN(C(=O)c2ccccc2)C=CC1. The molecule has 0 N–H and O–H groups in total. The van der Waals surface area contributed by atoms with Crippen molar-refractivity contribution < 1.29 is 4.79 Å². The van der Waals surface area contributed by atoms with Crippen LogP contribution in [0.4, 0.5) is 0 Å². The summed E-state index contributed by atoms with van der Waals surface area (Å²) >= 11 is 0. The minimum atomic E-state index is -0.121. The zero-order valence-electron chi connectivity index (χ0n) is 8.63. The molecule has 1 aliphatic rings. The number of carbonyl (C=O) groups excluding carboxylic acids is 1. The predicted octanol–water partition coefficient (Wildman–Crippen LogP) is 2.45. The molecule has 3 nitrogen and oxygen atoms in total. The predicted molar refractivity (Wildman–Crippen MR) is 60.1 cm³/mol. The molecule has 1 amide bonds. The number of allylic oxidation sites excluding steroid dienone is 2. The zero-order chi connectivity index (χ0) is 11.4. The van der Waals surface area contributed by atoms with Crippen LogP contribution in [0.3, 0.4) is 0 Å². The van der Waals surface area contributed by atoms with Crippen molar-refractivity contribution in [3.63, 3.8) is 0 Å². The van der Waals surface area contributed by atoms with Gasteiger partial charge in [0.05, 0.1) is 11.6 Å². The molecule has 2 rings (SSSR count). The number of rotatable bonds is 1. The normalized spacial score (nSPS) is 14.2. The van der Waals surface area contributed by atoms with Gasteiger partial charge in [0, 0.05) is 24.4 Å². The number of hydrogen-bond acceptors (Lipinski definition) is 2. The Morgan fingerprint density at radius 3 is 2.75 bits per heavy atom. The number of carbonyl (C=O) groups is 1. The van der Waals surface area contributed by atoms with Gasteiger partial charge in [-0.2, -0.15) is 5.26 Å². The molecule has 0 aromatic heterocycles. The highest BCUT2D eigenvalue weighted by atomic mass is 16.2. The van der Waals surface area contributed by atoms with Crippen molar-refractivity contribution in [2.45, 2.75) is 6.42 Å². The van der Waals surface area contributed by atoms with Gasteiger partial charge in [0.1, 0.15) is 0 Å². The molecule has 0 aliphatic carbocycles. The fourth-order valence-electron chi connectivity index (χ4n) is 1.49. The first-order valence-corrected chi connectivity index (χ1v) is 4.96. The third-order valence-electron chi connectivity index (χ3n) is 2.30. The van der Waals surface area contributed by atoms with Crippen molar-refractivity contribution >= 4 is 5.91 Å². The van der Waals surface area contributed by atoms with Gasteiger partial charge in [0.15, 0.2) is 0 Å². The van der Waals surface area contributed by atoms with Gasteiger partial charge in [0.25, 0.3) is 5.91 Å². The van der Waals surface area contributed by atoms with Gasteiger partial charge in [-0.15, -0.1) is 0 Å². The van der Waals surface area contributed by atoms with Crippen LogP contribution in [0.15, 0.2) is 54.4 Å². The molecule has 1 heterocycles. The third kappa shape index (κ3) is 2.01. The Morgan fingerprint density at radius 2 is 2.06 bits per heavy atom. The molecule has 0 spiro atoms. The summed E-state index contributed by atoms with van der Waals surface area (Å²) in [6, 6.07) is 11.1. The first kappa shape index (κ1) is 10.2. The van der Waals surface area contributed by atoms with Gasteiger partial charge in [-0.3, -0.25) is 9.69 Å². The maximum absolute atomic E-state index is 12.0. The second kappa shape index (κ2) is 4.45. The lowest BCUT2D eigenvalue weighted by Gasteiger charge is -2.17. The topological polar surface area (TPSA) is 44.1 Å². The van der Waals surface area contributed by atoms with Crippen LogP contribution in [-0.4, -0.2) is 10.8 Å². The van der Waals surface area contributed by atoms with Gasteiger partial charge in [-0.25, -0.2) is 0 Å². The molecular weight excluding hydrogens is 200 g/mol. The maximum atomic E-state index is 12.0. The number of hydrogen-bond donors (Lipinski definition) is 0. The van der Waals surface area contributed by atoms with Crippen LogP contribution >= 0.6 is 0 Å². The van der Waals surface area contributed by atoms with Crippen molar-refractivity contribution in [1.82, 2.24) is 4.90 Å². The maximum Gasteiger partial charge on any atom is 0.261 e. The molecule has 0 bridgehead atoms. The smallest absolute Gasteiger partial charge is 0.261 e. The van der Waals surface area contributed by atoms with E-state index in [1.165, 1.54) is 4.90 Å². The lowest BCUT2D eigenvalue weighted by Crippen LogP contribution is -2.22. The van der Waals surface area contributed by atoms with Crippen LogP contribution in [0, 0.1) is 11.3 Å². The highest BCUT2D eigenvalue weighted by molar-refractivity contribution is 5.95. The third-order valence-corrected chi connectivity index (χ3v) is 2.30. The largest absolute Gasteiger partial charge is 0.290 e. The van der Waals surface area contributed by atoms with E-state index >= 15 is 0 Å². The average Bonchev–Trinajstić information content (AvgIpc) is 2.39. The fourth-order valence-corrected chi connectivity index (χ4v) is 1.49. The lowest BCUT2D eigenvalue weighted by molar-refractivity contribution is 0.0867. The molecule has 0 unspecified atom stereocenters. The van der Waals surface area contributed by atoms with E-state index in [4.69, 9.17) is 5.26 Å². The summed E-state index contributed by atoms with van der Waals surface area (Å²) in [5.74, 6) is -0.121. The molecule has 1 aromatic rings. The van der Waals surface area contributed by atoms with E-state index in [0.717, 1.165) is 0 Å². The standard InChI is InChI=1S/C13H10N2O/c14-9-11-5-4-8-15(10-11)13(16)12-6-2-1-3-7-12/h1-4,6-8,10H,5H2. The van der Waals surface area contributed by atoms with Crippen molar-refractivity contribution in [1.29, 1.82) is 5.26 Å². The van der Waals surface area contributed by atoms with Crippen LogP contribution in [0.2, 0.25) is 0 Å². The molecule has 0 radical (unpaired) electrons. The van der Waals surface area contributed by atoms with Crippen molar-refractivity contribution in [3.8, 4) is 6.07 Å². The monoisotopic (exact) mass is 210 g/mol. The summed E-state index contributed by atoms with van der Waals surface area (Å²) in [5.41, 5.74) is 1.20. The zero-order valence-corrected chi connectivity index (χ0v) is 8.63. The Labute approximate surface area is 93.9 Å². The van der Waals surface area contributed by atoms with Crippen LogP contribution in [-0.2, 0) is 0 Å². The van der Waals surface area contributed by atoms with E-state index in [1.807, 2.05) is 18.2 Å². The highest BCUT2D eigenvalue weighted by Crippen LogP contribution is 2.14. The quantitative estimate of drug-likeness (QED) is 0.714. The fraction of sp³-hybridized carbons (Fsp3) is 0.0769. The molecule has 0 atom stereocenters. The average molecular weight is 210 g/mol. The molecule has 0 saturated heterocycles. The Bertz CT molecular complexity index is 494. The molecule has 1 aliphatic heterocycles. The van der Waals surface area contributed by atoms with E-state index in [-0.39, 0.29) is 5.91 Å². The van der Waals surface area contributed by atoms with Crippen molar-refractivity contribution in [3.05, 3.63) is 59.9 Å². The summed E-state index contributed by atoms with van der Waals surface area (Å²) in [5, 5.41) is 8.77. The number of benzene rings is 1. The van der Waals surface area contributed by atoms with Crippen LogP contribution in [0.5, 0.6) is 0 Å². The van der Waals surface area contributed by atoms with Gasteiger partial charge in [0.2, 0.25) is 0 Å². The van der Waals surface area contributed by atoms with E-state index in [9.17, 15) is 4.79 Å². The number of nitriles is 1. The van der Waals surface area contributed by atoms with Crippen molar-refractivity contribution in [2.24, 2.45) is 0 Å². The number of amides is 1. The Hall–Kier alpha value is -2.34. The van der Waals surface area contributed by atoms with Gasteiger partial charge in [-0.1, -0.05) is 24.3 Å². The van der Waals surface area contributed by atoms with Gasteiger partial charge < -0.3 is 0 Å². The first-order chi connectivity index (χ1) is 7.81. The molecular formula is C13H10N2O. The lowest BCUT2D eigenvalue weighted by atomic mass is 10.1. The summed E-state index contributed by atoms with van der Waals surface area (Å²) in [4.78, 5) is 13.4. The first-order valence-electron chi connectivity index (χ1n) is 4.96. The van der Waals surface area contributed by atoms with Crippen LogP contribution in [0.25, 0.3) is 0 Å². The van der Waals surface area contributed by atoms with Gasteiger partial charge in [-0.05, 0) is 12.1 Å². The van der Waals surface area contributed by atoms with Crippen molar-refractivity contribution in [2.75, 3.05) is 0 Å². The minimum absolute atomic E-state index is 0.121. The summed E-state index contributed by atoms with van der Waals surface area (Å²) < 4.78 is 0. The van der Waals surface area contributed by atoms with E-state index < -0.39 is 0 Å². The molecule has 16 heavy (non-hydrogen) atoms. The van der Waals surface area contributed by atoms with E-state index in [1.54, 1.807) is 30.6 Å². The minimum Gasteiger partial charge on any atom is -0.290 e. The summed E-state index contributed by atoms with van der Waals surface area (Å²) in [6.45, 7) is 0. The Kier molecular flexibility index (Phi) is 2.84. The molecule has 3 heteroatoms. The summed E-state index contributed by atoms with van der Waals surface area (Å²) in [6.07, 6.45) is 5.67. The van der Waals surface area contributed by atoms with E-state index in [2.05, 4.69) is 6.07 Å². The van der Waals surface area contributed by atoms with Crippen LogP contribution in [0.1, 0.15) is 16.8 Å². The molecule has 1 aromatic carbocycles. The molecule has 0 fully saturated rings.